The fourth-order valence-electron chi connectivity index (χ4n) is 2.41. The van der Waals surface area contributed by atoms with E-state index in [1.807, 2.05) is 26.0 Å². The van der Waals surface area contributed by atoms with E-state index in [1.54, 1.807) is 6.92 Å². The molecule has 0 aliphatic rings. The number of benzene rings is 1. The topological polar surface area (TPSA) is 84.1 Å². The van der Waals surface area contributed by atoms with Gasteiger partial charge < -0.3 is 9.52 Å². The first-order valence-electron chi connectivity index (χ1n) is 7.75. The van der Waals surface area contributed by atoms with Crippen molar-refractivity contribution in [3.8, 4) is 5.75 Å². The Labute approximate surface area is 140 Å². The molecule has 0 aliphatic carbocycles. The second kappa shape index (κ2) is 6.31. The number of nitrogens with zero attached hydrogens (tertiary/aromatic N) is 3. The molecule has 3 aromatic rings. The van der Waals surface area contributed by atoms with Crippen molar-refractivity contribution in [3.05, 3.63) is 58.1 Å². The Balaban J connectivity index is 1.78. The predicted molar refractivity (Wildman–Crippen MR) is 91.7 cm³/mol. The van der Waals surface area contributed by atoms with Crippen molar-refractivity contribution in [3.63, 3.8) is 0 Å². The number of aryl methyl sites for hydroxylation is 2. The van der Waals surface area contributed by atoms with Crippen LogP contribution >= 0.6 is 0 Å². The third kappa shape index (κ3) is 3.22. The van der Waals surface area contributed by atoms with E-state index in [-0.39, 0.29) is 11.8 Å². The second-order valence-corrected chi connectivity index (χ2v) is 5.93. The highest BCUT2D eigenvalue weighted by Crippen LogP contribution is 2.29. The average Bonchev–Trinajstić information content (AvgIpc) is 3.00. The van der Waals surface area contributed by atoms with Crippen LogP contribution in [0.15, 0.2) is 28.7 Å². The smallest absolute Gasteiger partial charge is 0.321 e. The van der Waals surface area contributed by atoms with Gasteiger partial charge in [-0.25, -0.2) is 4.98 Å². The fraction of sp³-hybridized carbons (Fsp3) is 0.278. The van der Waals surface area contributed by atoms with Crippen LogP contribution in [0.4, 0.5) is 11.8 Å². The Morgan fingerprint density at radius 1 is 1.00 bits per heavy atom. The summed E-state index contributed by atoms with van der Waals surface area (Å²) in [7, 11) is 0. The van der Waals surface area contributed by atoms with Crippen LogP contribution in [0.1, 0.15) is 33.8 Å². The van der Waals surface area contributed by atoms with Gasteiger partial charge in [0.05, 0.1) is 12.1 Å². The van der Waals surface area contributed by atoms with Crippen molar-refractivity contribution in [2.24, 2.45) is 0 Å². The summed E-state index contributed by atoms with van der Waals surface area (Å²) in [5.74, 6) is 1.35. The summed E-state index contributed by atoms with van der Waals surface area (Å²) in [5.41, 5.74) is 4.51. The van der Waals surface area contributed by atoms with Gasteiger partial charge in [0, 0.05) is 0 Å². The van der Waals surface area contributed by atoms with Gasteiger partial charge in [0.2, 0.25) is 5.89 Å². The molecule has 0 saturated heterocycles. The van der Waals surface area contributed by atoms with Crippen molar-refractivity contribution in [2.45, 2.75) is 34.1 Å². The van der Waals surface area contributed by atoms with E-state index < -0.39 is 0 Å². The zero-order chi connectivity index (χ0) is 17.3. The fourth-order valence-corrected chi connectivity index (χ4v) is 2.41. The lowest BCUT2D eigenvalue weighted by Gasteiger charge is -2.11. The Morgan fingerprint density at radius 2 is 1.71 bits per heavy atom. The highest BCUT2D eigenvalue weighted by Gasteiger charge is 2.14. The first-order valence-corrected chi connectivity index (χ1v) is 7.75. The van der Waals surface area contributed by atoms with Crippen molar-refractivity contribution in [2.75, 3.05) is 5.32 Å². The zero-order valence-electron chi connectivity index (χ0n) is 14.2. The number of aromatic hydroxyl groups is 1. The van der Waals surface area contributed by atoms with E-state index >= 15 is 0 Å². The molecule has 6 heteroatoms. The Morgan fingerprint density at radius 3 is 2.42 bits per heavy atom. The number of rotatable bonds is 4. The molecule has 0 fully saturated rings. The van der Waals surface area contributed by atoms with Crippen molar-refractivity contribution in [1.82, 2.24) is 15.2 Å². The van der Waals surface area contributed by atoms with Crippen LogP contribution in [0.5, 0.6) is 5.75 Å². The molecule has 0 amide bonds. The van der Waals surface area contributed by atoms with E-state index in [1.165, 1.54) is 5.56 Å². The monoisotopic (exact) mass is 324 g/mol. The van der Waals surface area contributed by atoms with Crippen molar-refractivity contribution < 1.29 is 9.52 Å². The molecular formula is C18H20N4O2. The zero-order valence-corrected chi connectivity index (χ0v) is 14.2. The number of nitrogens with one attached hydrogen (secondary N) is 1. The predicted octanol–water partition coefficient (Wildman–Crippen LogP) is 3.74. The molecule has 6 nitrogen and oxygen atoms in total. The van der Waals surface area contributed by atoms with Gasteiger partial charge >= 0.3 is 6.01 Å². The molecule has 2 heterocycles. The van der Waals surface area contributed by atoms with Crippen molar-refractivity contribution >= 4 is 11.8 Å². The van der Waals surface area contributed by atoms with E-state index in [4.69, 9.17) is 4.42 Å². The molecular weight excluding hydrogens is 304 g/mol. The van der Waals surface area contributed by atoms with Crippen LogP contribution in [0.2, 0.25) is 0 Å². The van der Waals surface area contributed by atoms with Gasteiger partial charge in [0.25, 0.3) is 0 Å². The molecule has 0 spiro atoms. The van der Waals surface area contributed by atoms with Gasteiger partial charge in [-0.2, -0.15) is 0 Å². The second-order valence-electron chi connectivity index (χ2n) is 5.93. The lowest BCUT2D eigenvalue weighted by Crippen LogP contribution is -2.01. The molecule has 2 aromatic heterocycles. The summed E-state index contributed by atoms with van der Waals surface area (Å²) in [4.78, 5) is 4.34. The summed E-state index contributed by atoms with van der Waals surface area (Å²) in [5, 5.41) is 21.0. The number of pyridine rings is 1. The van der Waals surface area contributed by atoms with Crippen LogP contribution in [-0.2, 0) is 6.42 Å². The van der Waals surface area contributed by atoms with Gasteiger partial charge in [-0.3, -0.25) is 5.32 Å². The van der Waals surface area contributed by atoms with Crippen LogP contribution in [-0.4, -0.2) is 20.3 Å². The quantitative estimate of drug-likeness (QED) is 0.760. The number of hydrogen-bond acceptors (Lipinski definition) is 6. The molecule has 3 rings (SSSR count). The molecule has 0 radical (unpaired) electrons. The molecule has 0 bridgehead atoms. The largest absolute Gasteiger partial charge is 0.506 e. The number of aromatic nitrogens is 3. The molecule has 24 heavy (non-hydrogen) atoms. The van der Waals surface area contributed by atoms with Crippen LogP contribution in [0.3, 0.4) is 0 Å². The third-order valence-corrected chi connectivity index (χ3v) is 4.06. The molecule has 0 saturated carbocycles. The molecule has 1 aromatic carbocycles. The van der Waals surface area contributed by atoms with Gasteiger partial charge in [-0.1, -0.05) is 34.9 Å². The lowest BCUT2D eigenvalue weighted by atomic mass is 10.1. The molecule has 0 atom stereocenters. The third-order valence-electron chi connectivity index (χ3n) is 4.06. The average molecular weight is 324 g/mol. The SMILES string of the molecule is Cc1ccc(Cc2nnc(Nc3nc(C)c(O)c(C)c3C)o2)cc1. The molecule has 2 N–H and O–H groups in total. The molecule has 0 aliphatic heterocycles. The maximum absolute atomic E-state index is 9.92. The minimum atomic E-state index is 0.212. The van der Waals surface area contributed by atoms with E-state index in [2.05, 4.69) is 39.6 Å². The minimum absolute atomic E-state index is 0.212. The summed E-state index contributed by atoms with van der Waals surface area (Å²) in [6, 6.07) is 8.49. The van der Waals surface area contributed by atoms with Crippen molar-refractivity contribution in [1.29, 1.82) is 0 Å². The van der Waals surface area contributed by atoms with Gasteiger partial charge in [0.1, 0.15) is 11.6 Å². The highest BCUT2D eigenvalue weighted by molar-refractivity contribution is 5.58. The Bertz CT molecular complexity index is 869. The minimum Gasteiger partial charge on any atom is -0.506 e. The molecule has 0 unspecified atom stereocenters. The molecule has 124 valence electrons. The van der Waals surface area contributed by atoms with E-state index in [0.717, 1.165) is 16.7 Å². The van der Waals surface area contributed by atoms with Crippen LogP contribution < -0.4 is 5.32 Å². The normalized spacial score (nSPS) is 10.8. The number of anilines is 2. The van der Waals surface area contributed by atoms with E-state index in [0.29, 0.717) is 23.8 Å². The summed E-state index contributed by atoms with van der Waals surface area (Å²) < 4.78 is 5.65. The maximum atomic E-state index is 9.92. The highest BCUT2D eigenvalue weighted by atomic mass is 16.4. The standard InChI is InChI=1S/C18H20N4O2/c1-10-5-7-14(8-6-10)9-15-21-22-18(24-15)20-17-12(3)11(2)16(23)13(4)19-17/h5-8,23H,9H2,1-4H3,(H,19,20,22). The van der Waals surface area contributed by atoms with Gasteiger partial charge in [0.15, 0.2) is 0 Å². The van der Waals surface area contributed by atoms with Crippen LogP contribution in [0, 0.1) is 27.7 Å². The Kier molecular flexibility index (Phi) is 4.20. The summed E-state index contributed by atoms with van der Waals surface area (Å²) >= 11 is 0. The van der Waals surface area contributed by atoms with Gasteiger partial charge in [-0.05, 0) is 44.4 Å². The lowest BCUT2D eigenvalue weighted by molar-refractivity contribution is 0.462. The Hall–Kier alpha value is -2.89. The first-order chi connectivity index (χ1) is 11.4. The summed E-state index contributed by atoms with van der Waals surface area (Å²) in [6.07, 6.45) is 0.578. The first kappa shape index (κ1) is 16.0. The van der Waals surface area contributed by atoms with Gasteiger partial charge in [-0.15, -0.1) is 5.10 Å². The number of hydrogen-bond donors (Lipinski definition) is 2. The summed E-state index contributed by atoms with van der Waals surface area (Å²) in [6.45, 7) is 7.54. The van der Waals surface area contributed by atoms with Crippen LogP contribution in [0.25, 0.3) is 0 Å². The maximum Gasteiger partial charge on any atom is 0.321 e. The van der Waals surface area contributed by atoms with E-state index in [9.17, 15) is 5.11 Å².